The van der Waals surface area contributed by atoms with Crippen LogP contribution in [0.2, 0.25) is 15.1 Å². The van der Waals surface area contributed by atoms with Gasteiger partial charge in [-0.15, -0.1) is 0 Å². The largest absolute Gasteiger partial charge is 0.481 e. The number of hydrogen-bond acceptors (Lipinski definition) is 2. The summed E-state index contributed by atoms with van der Waals surface area (Å²) in [7, 11) is 0. The first kappa shape index (κ1) is 14.9. The molecule has 1 aromatic carbocycles. The first-order valence-corrected chi connectivity index (χ1v) is 6.60. The minimum absolute atomic E-state index is 0.223. The second-order valence-corrected chi connectivity index (χ2v) is 5.25. The Bertz CT molecular complexity index is 717. The molecule has 20 heavy (non-hydrogen) atoms. The number of rotatable bonds is 3. The molecule has 0 spiro atoms. The molecule has 1 aromatic heterocycles. The predicted molar refractivity (Wildman–Crippen MR) is 78.9 cm³/mol. The molecule has 0 saturated carbocycles. The van der Waals surface area contributed by atoms with Crippen LogP contribution in [0.5, 0.6) is 0 Å². The normalized spacial score (nSPS) is 10.6. The molecule has 0 aliphatic heterocycles. The number of aromatic amines is 1. The highest BCUT2D eigenvalue weighted by Gasteiger charge is 2.13. The van der Waals surface area contributed by atoms with Crippen LogP contribution in [0, 0.1) is 0 Å². The number of carboxylic acids is 1. The van der Waals surface area contributed by atoms with Gasteiger partial charge in [-0.3, -0.25) is 9.59 Å². The summed E-state index contributed by atoms with van der Waals surface area (Å²) in [5.74, 6) is -1.04. The first-order chi connectivity index (χ1) is 9.38. The second-order valence-electron chi connectivity index (χ2n) is 4.06. The maximum Gasteiger partial charge on any atom is 0.307 e. The molecule has 104 valence electrons. The Morgan fingerprint density at radius 1 is 1.15 bits per heavy atom. The van der Waals surface area contributed by atoms with E-state index in [0.717, 1.165) is 0 Å². The number of aliphatic carboxylic acids is 1. The van der Waals surface area contributed by atoms with E-state index < -0.39 is 5.97 Å². The topological polar surface area (TPSA) is 70.2 Å². The monoisotopic (exact) mass is 331 g/mol. The maximum atomic E-state index is 11.3. The Hall–Kier alpha value is -1.49. The van der Waals surface area contributed by atoms with Gasteiger partial charge in [0.25, 0.3) is 0 Å². The number of halogens is 3. The number of nitrogens with one attached hydrogen (secondary N) is 1. The van der Waals surface area contributed by atoms with Crippen LogP contribution in [0.15, 0.2) is 29.2 Å². The number of hydrogen-bond donors (Lipinski definition) is 2. The van der Waals surface area contributed by atoms with E-state index in [2.05, 4.69) is 4.98 Å². The molecule has 0 amide bonds. The average molecular weight is 333 g/mol. The van der Waals surface area contributed by atoms with E-state index in [9.17, 15) is 9.59 Å². The summed E-state index contributed by atoms with van der Waals surface area (Å²) >= 11 is 17.8. The molecular weight excluding hydrogens is 325 g/mol. The van der Waals surface area contributed by atoms with Crippen LogP contribution >= 0.6 is 34.8 Å². The third-order valence-corrected chi connectivity index (χ3v) is 3.84. The van der Waals surface area contributed by atoms with Crippen molar-refractivity contribution in [2.75, 3.05) is 0 Å². The molecule has 2 N–H and O–H groups in total. The number of carboxylic acid groups (broad SMARTS) is 1. The number of pyridine rings is 1. The molecule has 4 nitrogen and oxygen atoms in total. The van der Waals surface area contributed by atoms with Gasteiger partial charge >= 0.3 is 5.97 Å². The molecule has 2 aromatic rings. The van der Waals surface area contributed by atoms with Crippen LogP contribution in [0.4, 0.5) is 0 Å². The fraction of sp³-hybridized carbons (Fsp3) is 0.0769. The van der Waals surface area contributed by atoms with Gasteiger partial charge in [0.15, 0.2) is 0 Å². The summed E-state index contributed by atoms with van der Waals surface area (Å²) in [6.45, 7) is 0. The molecule has 0 aliphatic carbocycles. The minimum Gasteiger partial charge on any atom is -0.481 e. The fourth-order valence-electron chi connectivity index (χ4n) is 1.80. The summed E-state index contributed by atoms with van der Waals surface area (Å²) < 4.78 is 0. The number of aromatic nitrogens is 1. The molecule has 0 aliphatic rings. The smallest absolute Gasteiger partial charge is 0.307 e. The third-order valence-electron chi connectivity index (χ3n) is 2.65. The molecule has 0 atom stereocenters. The van der Waals surface area contributed by atoms with Crippen LogP contribution in [0.3, 0.4) is 0 Å². The summed E-state index contributed by atoms with van der Waals surface area (Å²) in [5, 5.41) is 9.62. The highest BCUT2D eigenvalue weighted by molar-refractivity contribution is 6.48. The van der Waals surface area contributed by atoms with Crippen molar-refractivity contribution in [1.29, 1.82) is 0 Å². The Labute approximate surface area is 128 Å². The molecule has 0 radical (unpaired) electrons. The van der Waals surface area contributed by atoms with Crippen molar-refractivity contribution in [3.8, 4) is 11.1 Å². The standard InChI is InChI=1S/C13H8Cl3NO3/c14-9-1-6(2-10(15)13(9)16)8-5-17-11(18)3-7(8)4-12(19)20/h1-3,5H,4H2,(H,17,18)(H,19,20). The highest BCUT2D eigenvalue weighted by atomic mass is 35.5. The van der Waals surface area contributed by atoms with Crippen molar-refractivity contribution >= 4 is 40.8 Å². The van der Waals surface area contributed by atoms with Gasteiger partial charge in [-0.25, -0.2) is 0 Å². The lowest BCUT2D eigenvalue weighted by molar-refractivity contribution is -0.136. The van der Waals surface area contributed by atoms with E-state index in [4.69, 9.17) is 39.9 Å². The average Bonchev–Trinajstić information content (AvgIpc) is 2.35. The van der Waals surface area contributed by atoms with Gasteiger partial charge in [-0.05, 0) is 23.3 Å². The zero-order valence-electron chi connectivity index (χ0n) is 9.91. The fourth-order valence-corrected chi connectivity index (χ4v) is 2.40. The van der Waals surface area contributed by atoms with Gasteiger partial charge in [-0.2, -0.15) is 0 Å². The van der Waals surface area contributed by atoms with Gasteiger partial charge in [0.05, 0.1) is 21.5 Å². The second kappa shape index (κ2) is 5.87. The Morgan fingerprint density at radius 3 is 2.30 bits per heavy atom. The summed E-state index contributed by atoms with van der Waals surface area (Å²) in [4.78, 5) is 24.7. The molecule has 0 unspecified atom stereocenters. The van der Waals surface area contributed by atoms with Crippen LogP contribution in [0.25, 0.3) is 11.1 Å². The van der Waals surface area contributed by atoms with Crippen molar-refractivity contribution < 1.29 is 9.90 Å². The SMILES string of the molecule is O=C(O)Cc1cc(=O)[nH]cc1-c1cc(Cl)c(Cl)c(Cl)c1. The number of carbonyl (C=O) groups is 1. The number of H-pyrrole nitrogens is 1. The summed E-state index contributed by atoms with van der Waals surface area (Å²) in [5.41, 5.74) is 1.11. The summed E-state index contributed by atoms with van der Waals surface area (Å²) in [6, 6.07) is 4.36. The molecule has 0 fully saturated rings. The summed E-state index contributed by atoms with van der Waals surface area (Å²) in [6.07, 6.45) is 1.15. The predicted octanol–water partition coefficient (Wildman–Crippen LogP) is 3.63. The molecule has 2 rings (SSSR count). The van der Waals surface area contributed by atoms with Crippen LogP contribution in [-0.4, -0.2) is 16.1 Å². The molecule has 0 bridgehead atoms. The zero-order valence-corrected chi connectivity index (χ0v) is 12.2. The minimum atomic E-state index is -1.04. The van der Waals surface area contributed by atoms with Gasteiger partial charge in [-0.1, -0.05) is 34.8 Å². The van der Waals surface area contributed by atoms with Crippen molar-refractivity contribution in [3.05, 3.63) is 55.4 Å². The first-order valence-electron chi connectivity index (χ1n) is 5.47. The lowest BCUT2D eigenvalue weighted by Crippen LogP contribution is -2.10. The van der Waals surface area contributed by atoms with E-state index in [1.807, 2.05) is 0 Å². The quantitative estimate of drug-likeness (QED) is 0.843. The number of benzene rings is 1. The van der Waals surface area contributed by atoms with Crippen LogP contribution < -0.4 is 5.56 Å². The van der Waals surface area contributed by atoms with Crippen molar-refractivity contribution in [3.63, 3.8) is 0 Å². The van der Waals surface area contributed by atoms with E-state index in [0.29, 0.717) is 16.7 Å². The van der Waals surface area contributed by atoms with E-state index in [-0.39, 0.29) is 27.0 Å². The van der Waals surface area contributed by atoms with Crippen LogP contribution in [0.1, 0.15) is 5.56 Å². The molecule has 7 heteroatoms. The Kier molecular flexibility index (Phi) is 4.38. The Balaban J connectivity index is 2.63. The molecule has 0 saturated heterocycles. The lowest BCUT2D eigenvalue weighted by atomic mass is 10.00. The molecule has 1 heterocycles. The zero-order chi connectivity index (χ0) is 14.9. The van der Waals surface area contributed by atoms with Gasteiger partial charge < -0.3 is 10.1 Å². The van der Waals surface area contributed by atoms with Crippen molar-refractivity contribution in [2.45, 2.75) is 6.42 Å². The van der Waals surface area contributed by atoms with E-state index in [1.54, 1.807) is 12.1 Å². The lowest BCUT2D eigenvalue weighted by Gasteiger charge is -2.09. The van der Waals surface area contributed by atoms with Crippen molar-refractivity contribution in [2.24, 2.45) is 0 Å². The van der Waals surface area contributed by atoms with Gasteiger partial charge in [0.2, 0.25) is 5.56 Å². The van der Waals surface area contributed by atoms with E-state index >= 15 is 0 Å². The molecular formula is C13H8Cl3NO3. The van der Waals surface area contributed by atoms with E-state index in [1.165, 1.54) is 12.3 Å². The van der Waals surface area contributed by atoms with Gasteiger partial charge in [0.1, 0.15) is 0 Å². The third kappa shape index (κ3) is 3.15. The maximum absolute atomic E-state index is 11.3. The van der Waals surface area contributed by atoms with Crippen molar-refractivity contribution in [1.82, 2.24) is 4.98 Å². The highest BCUT2D eigenvalue weighted by Crippen LogP contribution is 2.35. The van der Waals surface area contributed by atoms with Crippen LogP contribution in [-0.2, 0) is 11.2 Å². The van der Waals surface area contributed by atoms with Gasteiger partial charge in [0, 0.05) is 17.8 Å². The Morgan fingerprint density at radius 2 is 1.75 bits per heavy atom.